The zero-order chi connectivity index (χ0) is 17.3. The molecule has 1 aromatic carbocycles. The summed E-state index contributed by atoms with van der Waals surface area (Å²) in [5.41, 5.74) is 2.81. The van der Waals surface area contributed by atoms with Gasteiger partial charge in [0.05, 0.1) is 24.5 Å². The van der Waals surface area contributed by atoms with Gasteiger partial charge in [-0.3, -0.25) is 19.8 Å². The van der Waals surface area contributed by atoms with Gasteiger partial charge in [0.25, 0.3) is 17.7 Å². The van der Waals surface area contributed by atoms with Crippen LogP contribution in [-0.2, 0) is 9.59 Å². The SMILES string of the molecule is COc1ccccc1C(=O)NN1C(=O)[C@@H]2[C@H]3C=C[C@H]([C@H]4C[C@H]34)[C@@H]2C1=O. The predicted octanol–water partition coefficient (Wildman–Crippen LogP) is 1.39. The Bertz CT molecular complexity index is 796. The summed E-state index contributed by atoms with van der Waals surface area (Å²) in [6.07, 6.45) is 5.33. The lowest BCUT2D eigenvalue weighted by molar-refractivity contribution is -0.143. The van der Waals surface area contributed by atoms with E-state index in [0.717, 1.165) is 11.4 Å². The summed E-state index contributed by atoms with van der Waals surface area (Å²) in [7, 11) is 1.47. The number of carbonyl (C=O) groups is 3. The number of methoxy groups -OCH3 is 1. The van der Waals surface area contributed by atoms with Crippen molar-refractivity contribution in [3.63, 3.8) is 0 Å². The lowest BCUT2D eigenvalue weighted by Crippen LogP contribution is -2.47. The Balaban J connectivity index is 1.42. The standard InChI is InChI=1S/C19H18N2O4/c1-25-14-5-3-2-4-11(14)17(22)20-21-18(23)15-9-6-7-10(13-8-12(9)13)16(15)19(21)24/h2-7,9-10,12-13,15-16H,8H2,1H3,(H,20,22)/t9-,10+,12-,13-,15+,16-/m1/s1. The Morgan fingerprint density at radius 1 is 1.08 bits per heavy atom. The van der Waals surface area contributed by atoms with Gasteiger partial charge in [-0.15, -0.1) is 0 Å². The Hall–Kier alpha value is -2.63. The van der Waals surface area contributed by atoms with E-state index >= 15 is 0 Å². The highest BCUT2D eigenvalue weighted by atomic mass is 16.5. The van der Waals surface area contributed by atoms with E-state index in [9.17, 15) is 14.4 Å². The summed E-state index contributed by atoms with van der Waals surface area (Å²) in [5, 5.41) is 0.946. The van der Waals surface area contributed by atoms with E-state index in [2.05, 4.69) is 17.6 Å². The van der Waals surface area contributed by atoms with Crippen molar-refractivity contribution in [2.45, 2.75) is 6.42 Å². The van der Waals surface area contributed by atoms with Crippen molar-refractivity contribution in [2.75, 3.05) is 7.11 Å². The van der Waals surface area contributed by atoms with Crippen LogP contribution in [0.3, 0.4) is 0 Å². The van der Waals surface area contributed by atoms with Crippen LogP contribution < -0.4 is 10.2 Å². The van der Waals surface area contributed by atoms with Crippen LogP contribution in [0.4, 0.5) is 0 Å². The van der Waals surface area contributed by atoms with E-state index in [1.54, 1.807) is 24.3 Å². The quantitative estimate of drug-likeness (QED) is 0.668. The van der Waals surface area contributed by atoms with Gasteiger partial charge in [-0.2, -0.15) is 5.01 Å². The first-order valence-corrected chi connectivity index (χ1v) is 8.62. The Morgan fingerprint density at radius 3 is 2.28 bits per heavy atom. The second kappa shape index (κ2) is 4.94. The van der Waals surface area contributed by atoms with Crippen molar-refractivity contribution >= 4 is 17.7 Å². The number of nitrogens with one attached hydrogen (secondary N) is 1. The highest BCUT2D eigenvalue weighted by molar-refractivity contribution is 6.09. The summed E-state index contributed by atoms with van der Waals surface area (Å²) in [4.78, 5) is 38.3. The average Bonchev–Trinajstić information content (AvgIpc) is 3.42. The van der Waals surface area contributed by atoms with Crippen LogP contribution in [0.15, 0.2) is 36.4 Å². The third-order valence-corrected chi connectivity index (χ3v) is 6.23. The van der Waals surface area contributed by atoms with Gasteiger partial charge in [-0.1, -0.05) is 24.3 Å². The van der Waals surface area contributed by atoms with E-state index < -0.39 is 5.91 Å². The first-order valence-electron chi connectivity index (χ1n) is 8.62. The number of hydrogen-bond acceptors (Lipinski definition) is 4. The molecule has 1 saturated heterocycles. The normalized spacial score (nSPS) is 36.9. The molecule has 0 spiro atoms. The number of nitrogens with zero attached hydrogens (tertiary/aromatic N) is 1. The van der Waals surface area contributed by atoms with Gasteiger partial charge >= 0.3 is 0 Å². The van der Waals surface area contributed by atoms with Gasteiger partial charge in [0.1, 0.15) is 5.75 Å². The molecule has 0 radical (unpaired) electrons. The molecule has 1 heterocycles. The summed E-state index contributed by atoms with van der Waals surface area (Å²) >= 11 is 0. The topological polar surface area (TPSA) is 75.7 Å². The van der Waals surface area contributed by atoms with Crippen LogP contribution in [0.5, 0.6) is 5.75 Å². The van der Waals surface area contributed by atoms with Gasteiger partial charge in [0, 0.05) is 0 Å². The minimum absolute atomic E-state index is 0.143. The molecule has 1 aromatic rings. The van der Waals surface area contributed by atoms with Crippen LogP contribution in [0, 0.1) is 35.5 Å². The Morgan fingerprint density at radius 2 is 1.68 bits per heavy atom. The number of ether oxygens (including phenoxy) is 1. The fourth-order valence-corrected chi connectivity index (χ4v) is 5.06. The lowest BCUT2D eigenvalue weighted by atomic mass is 9.63. The molecule has 1 N–H and O–H groups in total. The van der Waals surface area contributed by atoms with Gasteiger partial charge < -0.3 is 4.74 Å². The lowest BCUT2D eigenvalue weighted by Gasteiger charge is -2.37. The third-order valence-electron chi connectivity index (χ3n) is 6.23. The van der Waals surface area contributed by atoms with Gasteiger partial charge in [-0.05, 0) is 42.2 Å². The van der Waals surface area contributed by atoms with E-state index in [4.69, 9.17) is 4.74 Å². The van der Waals surface area contributed by atoms with Crippen LogP contribution >= 0.6 is 0 Å². The number of para-hydroxylation sites is 1. The maximum absolute atomic E-state index is 12.9. The van der Waals surface area contributed by atoms with Crippen molar-refractivity contribution in [3.05, 3.63) is 42.0 Å². The van der Waals surface area contributed by atoms with Crippen molar-refractivity contribution in [1.82, 2.24) is 10.4 Å². The van der Waals surface area contributed by atoms with Crippen LogP contribution in [0.1, 0.15) is 16.8 Å². The number of carbonyl (C=O) groups excluding carboxylic acids is 3. The maximum atomic E-state index is 12.9. The first kappa shape index (κ1) is 14.7. The molecular formula is C19H18N2O4. The zero-order valence-corrected chi connectivity index (χ0v) is 13.7. The molecule has 2 saturated carbocycles. The highest BCUT2D eigenvalue weighted by Crippen LogP contribution is 2.65. The predicted molar refractivity (Wildman–Crippen MR) is 87.0 cm³/mol. The number of amides is 3. The van der Waals surface area contributed by atoms with Crippen molar-refractivity contribution in [3.8, 4) is 5.75 Å². The number of allylic oxidation sites excluding steroid dienone is 2. The molecule has 0 unspecified atom stereocenters. The van der Waals surface area contributed by atoms with Crippen molar-refractivity contribution in [2.24, 2.45) is 35.5 Å². The second-order valence-corrected chi connectivity index (χ2v) is 7.31. The first-order chi connectivity index (χ1) is 12.1. The zero-order valence-electron chi connectivity index (χ0n) is 13.7. The highest BCUT2D eigenvalue weighted by Gasteiger charge is 2.67. The van der Waals surface area contributed by atoms with Crippen LogP contribution in [0.25, 0.3) is 0 Å². The molecule has 6 rings (SSSR count). The van der Waals surface area contributed by atoms with Crippen LogP contribution in [-0.4, -0.2) is 29.8 Å². The summed E-state index contributed by atoms with van der Waals surface area (Å²) in [6.45, 7) is 0. The van der Waals surface area contributed by atoms with Crippen LogP contribution in [0.2, 0.25) is 0 Å². The minimum Gasteiger partial charge on any atom is -0.496 e. The number of rotatable bonds is 3. The Labute approximate surface area is 144 Å². The van der Waals surface area contributed by atoms with Gasteiger partial charge in [0.15, 0.2) is 0 Å². The largest absolute Gasteiger partial charge is 0.496 e. The maximum Gasteiger partial charge on any atom is 0.274 e. The average molecular weight is 338 g/mol. The molecule has 1 aliphatic heterocycles. The molecule has 3 amide bonds. The molecule has 128 valence electrons. The fraction of sp³-hybridized carbons (Fsp3) is 0.421. The summed E-state index contributed by atoms with van der Waals surface area (Å²) in [6, 6.07) is 6.74. The number of hydrazine groups is 1. The van der Waals surface area contributed by atoms with Gasteiger partial charge in [-0.25, -0.2) is 0 Å². The summed E-state index contributed by atoms with van der Waals surface area (Å²) < 4.78 is 5.18. The fourth-order valence-electron chi connectivity index (χ4n) is 5.06. The smallest absolute Gasteiger partial charge is 0.274 e. The Kier molecular flexibility index (Phi) is 2.90. The van der Waals surface area contributed by atoms with Crippen molar-refractivity contribution < 1.29 is 19.1 Å². The molecule has 0 aromatic heterocycles. The molecule has 6 heteroatoms. The van der Waals surface area contributed by atoms with E-state index in [-0.39, 0.29) is 35.5 Å². The monoisotopic (exact) mass is 338 g/mol. The molecule has 2 bridgehead atoms. The van der Waals surface area contributed by atoms with E-state index in [1.165, 1.54) is 7.11 Å². The number of imide groups is 1. The molecule has 3 fully saturated rings. The minimum atomic E-state index is -0.511. The molecule has 25 heavy (non-hydrogen) atoms. The molecule has 5 aliphatic rings. The second-order valence-electron chi connectivity index (χ2n) is 7.31. The third kappa shape index (κ3) is 1.88. The van der Waals surface area contributed by atoms with E-state index in [1.807, 2.05) is 0 Å². The van der Waals surface area contributed by atoms with E-state index in [0.29, 0.717) is 23.1 Å². The van der Waals surface area contributed by atoms with Gasteiger partial charge in [0.2, 0.25) is 0 Å². The van der Waals surface area contributed by atoms with Crippen molar-refractivity contribution in [1.29, 1.82) is 0 Å². The molecule has 6 atom stereocenters. The number of hydrogen-bond donors (Lipinski definition) is 1. The molecule has 4 aliphatic carbocycles. The summed E-state index contributed by atoms with van der Waals surface area (Å²) in [5.74, 6) is 0.0760. The number of benzene rings is 1. The molecule has 6 nitrogen and oxygen atoms in total. The molecular weight excluding hydrogens is 320 g/mol.